The van der Waals surface area contributed by atoms with Crippen molar-refractivity contribution in [2.75, 3.05) is 0 Å². The number of benzene rings is 2. The molecule has 0 aromatic heterocycles. The average molecular weight is 326 g/mol. The summed E-state index contributed by atoms with van der Waals surface area (Å²) in [5.41, 5.74) is 6.95. The van der Waals surface area contributed by atoms with Gasteiger partial charge in [0.15, 0.2) is 0 Å². The Balaban J connectivity index is 2.39. The lowest BCUT2D eigenvalue weighted by Crippen LogP contribution is -2.06. The van der Waals surface area contributed by atoms with Gasteiger partial charge in [0.2, 0.25) is 0 Å². The second kappa shape index (κ2) is 5.87. The largest absolute Gasteiger partial charge is 0.324 e. The number of halogens is 2. The fraction of sp³-hybridized carbons (Fsp3) is 0.143. The summed E-state index contributed by atoms with van der Waals surface area (Å²) >= 11 is 4.83. The van der Waals surface area contributed by atoms with Crippen molar-refractivity contribution in [3.63, 3.8) is 0 Å². The Hall–Kier alpha value is -0.840. The van der Waals surface area contributed by atoms with Crippen LogP contribution < -0.4 is 5.73 Å². The Bertz CT molecular complexity index is 557. The van der Waals surface area contributed by atoms with Crippen molar-refractivity contribution in [2.45, 2.75) is 22.8 Å². The fourth-order valence-corrected chi connectivity index (χ4v) is 3.24. The third-order valence-electron chi connectivity index (χ3n) is 2.52. The molecule has 0 aliphatic carbocycles. The van der Waals surface area contributed by atoms with Gasteiger partial charge in [-0.1, -0.05) is 45.9 Å². The summed E-state index contributed by atoms with van der Waals surface area (Å²) in [6, 6.07) is 12.6. The summed E-state index contributed by atoms with van der Waals surface area (Å²) in [7, 11) is 0. The van der Waals surface area contributed by atoms with E-state index in [4.69, 9.17) is 5.73 Å². The molecule has 0 radical (unpaired) electrons. The van der Waals surface area contributed by atoms with Gasteiger partial charge in [-0.05, 0) is 36.8 Å². The number of hydrogen-bond acceptors (Lipinski definition) is 2. The van der Waals surface area contributed by atoms with Gasteiger partial charge in [-0.3, -0.25) is 0 Å². The Morgan fingerprint density at radius 1 is 1.17 bits per heavy atom. The molecule has 2 aromatic rings. The summed E-state index contributed by atoms with van der Waals surface area (Å²) in [5.74, 6) is -0.210. The Labute approximate surface area is 119 Å². The molecule has 0 saturated carbocycles. The molecule has 0 fully saturated rings. The van der Waals surface area contributed by atoms with Crippen molar-refractivity contribution in [2.24, 2.45) is 5.73 Å². The highest BCUT2D eigenvalue weighted by Crippen LogP contribution is 2.35. The number of nitrogens with two attached hydrogens (primary N) is 1. The molecule has 0 aliphatic heterocycles. The normalized spacial score (nSPS) is 12.4. The van der Waals surface area contributed by atoms with E-state index >= 15 is 0 Å². The van der Waals surface area contributed by atoms with Crippen LogP contribution in [0.3, 0.4) is 0 Å². The zero-order valence-corrected chi connectivity index (χ0v) is 12.3. The fourth-order valence-electron chi connectivity index (χ4n) is 1.62. The highest BCUT2D eigenvalue weighted by Gasteiger charge is 2.11. The van der Waals surface area contributed by atoms with Crippen LogP contribution in [0.5, 0.6) is 0 Å². The van der Waals surface area contributed by atoms with Gasteiger partial charge in [-0.2, -0.15) is 0 Å². The minimum absolute atomic E-state index is 0.0765. The van der Waals surface area contributed by atoms with Crippen LogP contribution in [0.2, 0.25) is 0 Å². The van der Waals surface area contributed by atoms with Crippen LogP contribution >= 0.6 is 27.7 Å². The summed E-state index contributed by atoms with van der Waals surface area (Å²) in [4.78, 5) is 1.59. The van der Waals surface area contributed by atoms with Crippen molar-refractivity contribution in [3.8, 4) is 0 Å². The van der Waals surface area contributed by atoms with E-state index < -0.39 is 0 Å². The van der Waals surface area contributed by atoms with Gasteiger partial charge >= 0.3 is 0 Å². The average Bonchev–Trinajstić information content (AvgIpc) is 2.32. The van der Waals surface area contributed by atoms with Crippen LogP contribution in [0.15, 0.2) is 56.7 Å². The molecule has 18 heavy (non-hydrogen) atoms. The van der Waals surface area contributed by atoms with Crippen molar-refractivity contribution in [1.82, 2.24) is 0 Å². The molecule has 0 aliphatic rings. The van der Waals surface area contributed by atoms with Crippen molar-refractivity contribution in [3.05, 3.63) is 58.3 Å². The Morgan fingerprint density at radius 2 is 1.89 bits per heavy atom. The number of rotatable bonds is 3. The van der Waals surface area contributed by atoms with Gasteiger partial charge in [0.1, 0.15) is 5.82 Å². The van der Waals surface area contributed by atoms with Crippen molar-refractivity contribution in [1.29, 1.82) is 0 Å². The number of hydrogen-bond donors (Lipinski definition) is 1. The van der Waals surface area contributed by atoms with E-state index in [1.54, 1.807) is 12.1 Å². The molecule has 4 heteroatoms. The highest BCUT2D eigenvalue weighted by molar-refractivity contribution is 9.10. The molecule has 1 atom stereocenters. The van der Waals surface area contributed by atoms with Gasteiger partial charge in [-0.25, -0.2) is 4.39 Å². The molecule has 1 nitrogen and oxygen atoms in total. The van der Waals surface area contributed by atoms with E-state index in [0.717, 1.165) is 14.9 Å². The summed E-state index contributed by atoms with van der Waals surface area (Å²) < 4.78 is 14.6. The molecule has 94 valence electrons. The predicted octanol–water partition coefficient (Wildman–Crippen LogP) is 4.76. The lowest BCUT2D eigenvalue weighted by Gasteiger charge is -2.13. The van der Waals surface area contributed by atoms with Gasteiger partial charge in [0, 0.05) is 20.3 Å². The monoisotopic (exact) mass is 325 g/mol. The van der Waals surface area contributed by atoms with Gasteiger partial charge in [-0.15, -0.1) is 0 Å². The SMILES string of the molecule is CC(N)c1ccc(Br)cc1Sc1ccccc1F. The lowest BCUT2D eigenvalue weighted by atomic mass is 10.1. The summed E-state index contributed by atoms with van der Waals surface area (Å²) in [5, 5.41) is 0. The first kappa shape index (κ1) is 13.6. The molecule has 2 rings (SSSR count). The zero-order chi connectivity index (χ0) is 13.1. The molecule has 0 heterocycles. The second-order valence-corrected chi connectivity index (χ2v) is 6.00. The molecule has 0 amide bonds. The van der Waals surface area contributed by atoms with Crippen LogP contribution in [-0.4, -0.2) is 0 Å². The molecular formula is C14H13BrFNS. The first-order chi connectivity index (χ1) is 8.58. The standard InChI is InChI=1S/C14H13BrFNS/c1-9(17)11-7-6-10(15)8-14(11)18-13-5-3-2-4-12(13)16/h2-9H,17H2,1H3. The van der Waals surface area contributed by atoms with Gasteiger partial charge in [0.25, 0.3) is 0 Å². The van der Waals surface area contributed by atoms with Crippen molar-refractivity contribution >= 4 is 27.7 Å². The van der Waals surface area contributed by atoms with E-state index in [-0.39, 0.29) is 11.9 Å². The van der Waals surface area contributed by atoms with E-state index in [9.17, 15) is 4.39 Å². The van der Waals surface area contributed by atoms with Gasteiger partial charge in [0.05, 0.1) is 0 Å². The molecule has 0 saturated heterocycles. The Kier molecular flexibility index (Phi) is 4.43. The van der Waals surface area contributed by atoms with Crippen LogP contribution in [0.4, 0.5) is 4.39 Å². The Morgan fingerprint density at radius 3 is 2.56 bits per heavy atom. The van der Waals surface area contributed by atoms with Crippen LogP contribution in [0.1, 0.15) is 18.5 Å². The van der Waals surface area contributed by atoms with E-state index in [0.29, 0.717) is 4.90 Å². The van der Waals surface area contributed by atoms with Crippen LogP contribution in [-0.2, 0) is 0 Å². The van der Waals surface area contributed by atoms with Crippen LogP contribution in [0.25, 0.3) is 0 Å². The smallest absolute Gasteiger partial charge is 0.137 e. The third-order valence-corrected chi connectivity index (χ3v) is 4.14. The van der Waals surface area contributed by atoms with Gasteiger partial charge < -0.3 is 5.73 Å². The van der Waals surface area contributed by atoms with E-state index in [1.165, 1.54) is 17.8 Å². The maximum absolute atomic E-state index is 13.6. The summed E-state index contributed by atoms with van der Waals surface area (Å²) in [6.45, 7) is 1.93. The summed E-state index contributed by atoms with van der Waals surface area (Å²) in [6.07, 6.45) is 0. The topological polar surface area (TPSA) is 26.0 Å². The molecule has 0 spiro atoms. The second-order valence-electron chi connectivity index (χ2n) is 4.00. The minimum atomic E-state index is -0.210. The third kappa shape index (κ3) is 3.13. The molecule has 2 aromatic carbocycles. The van der Waals surface area contributed by atoms with E-state index in [1.807, 2.05) is 31.2 Å². The first-order valence-corrected chi connectivity index (χ1v) is 7.16. The first-order valence-electron chi connectivity index (χ1n) is 5.55. The molecule has 1 unspecified atom stereocenters. The van der Waals surface area contributed by atoms with Crippen LogP contribution in [0, 0.1) is 5.82 Å². The predicted molar refractivity (Wildman–Crippen MR) is 77.3 cm³/mol. The zero-order valence-electron chi connectivity index (χ0n) is 9.86. The lowest BCUT2D eigenvalue weighted by molar-refractivity contribution is 0.602. The quantitative estimate of drug-likeness (QED) is 0.880. The molecular weight excluding hydrogens is 313 g/mol. The minimum Gasteiger partial charge on any atom is -0.324 e. The molecule has 0 bridgehead atoms. The maximum Gasteiger partial charge on any atom is 0.137 e. The van der Waals surface area contributed by atoms with Crippen molar-refractivity contribution < 1.29 is 4.39 Å². The maximum atomic E-state index is 13.6. The van der Waals surface area contributed by atoms with E-state index in [2.05, 4.69) is 15.9 Å². The highest BCUT2D eigenvalue weighted by atomic mass is 79.9. The molecule has 2 N–H and O–H groups in total.